The molecule has 9 heteroatoms. The summed E-state index contributed by atoms with van der Waals surface area (Å²) in [7, 11) is -2.36. The van der Waals surface area contributed by atoms with Crippen LogP contribution in [0.1, 0.15) is 31.9 Å². The minimum Gasteiger partial charge on any atom is -0.497 e. The summed E-state index contributed by atoms with van der Waals surface area (Å²) in [5.74, 6) is -0.360. The maximum Gasteiger partial charge on any atom is 0.244 e. The average molecular weight is 552 g/mol. The van der Waals surface area contributed by atoms with Crippen LogP contribution in [0.15, 0.2) is 84.9 Å². The molecule has 208 valence electrons. The standard InChI is InChI=1S/C30H37N3O5S/c1-30(2,3)31-29(35)27(19-23-13-8-6-9-14-23)32(21-24-15-10-7-11-16-24)28(34)22-33(39(5,36)37)25-17-12-18-26(20-25)38-4/h6-18,20,27H,19,21-22H2,1-5H3,(H,31,35)/t27-/m1/s1. The molecule has 1 atom stereocenters. The molecule has 0 aliphatic carbocycles. The summed E-state index contributed by atoms with van der Waals surface area (Å²) in [5.41, 5.74) is 1.46. The number of hydrogen-bond donors (Lipinski definition) is 1. The number of carbonyl (C=O) groups excluding carboxylic acids is 2. The van der Waals surface area contributed by atoms with Crippen molar-refractivity contribution >= 4 is 27.5 Å². The van der Waals surface area contributed by atoms with E-state index >= 15 is 0 Å². The van der Waals surface area contributed by atoms with Crippen molar-refractivity contribution in [1.29, 1.82) is 0 Å². The molecule has 8 nitrogen and oxygen atoms in total. The molecule has 1 N–H and O–H groups in total. The third-order valence-electron chi connectivity index (χ3n) is 5.99. The number of sulfonamides is 1. The molecule has 0 spiro atoms. The highest BCUT2D eigenvalue weighted by molar-refractivity contribution is 7.92. The molecular weight excluding hydrogens is 514 g/mol. The zero-order valence-corrected chi connectivity index (χ0v) is 23.9. The van der Waals surface area contributed by atoms with E-state index in [2.05, 4.69) is 5.32 Å². The van der Waals surface area contributed by atoms with E-state index in [4.69, 9.17) is 4.74 Å². The van der Waals surface area contributed by atoms with Crippen molar-refractivity contribution in [1.82, 2.24) is 10.2 Å². The Hall–Kier alpha value is -3.85. The fraction of sp³-hybridized carbons (Fsp3) is 0.333. The maximum absolute atomic E-state index is 14.0. The van der Waals surface area contributed by atoms with Crippen molar-refractivity contribution in [3.63, 3.8) is 0 Å². The van der Waals surface area contributed by atoms with Crippen molar-refractivity contribution < 1.29 is 22.7 Å². The summed E-state index contributed by atoms with van der Waals surface area (Å²) in [6.07, 6.45) is 1.31. The predicted octanol–water partition coefficient (Wildman–Crippen LogP) is 4.02. The van der Waals surface area contributed by atoms with Crippen molar-refractivity contribution in [3.05, 3.63) is 96.1 Å². The zero-order valence-electron chi connectivity index (χ0n) is 23.1. The number of carbonyl (C=O) groups is 2. The highest BCUT2D eigenvalue weighted by atomic mass is 32.2. The van der Waals surface area contributed by atoms with E-state index in [1.165, 1.54) is 12.0 Å². The molecule has 2 amide bonds. The number of rotatable bonds is 11. The third kappa shape index (κ3) is 8.85. The number of nitrogens with zero attached hydrogens (tertiary/aromatic N) is 2. The summed E-state index contributed by atoms with van der Waals surface area (Å²) in [6.45, 7) is 5.28. The van der Waals surface area contributed by atoms with Gasteiger partial charge in [-0.15, -0.1) is 0 Å². The first kappa shape index (κ1) is 29.7. The molecule has 3 rings (SSSR count). The number of methoxy groups -OCH3 is 1. The molecule has 0 aromatic heterocycles. The van der Waals surface area contributed by atoms with Crippen LogP contribution in [0.4, 0.5) is 5.69 Å². The maximum atomic E-state index is 14.0. The fourth-order valence-electron chi connectivity index (χ4n) is 4.17. The van der Waals surface area contributed by atoms with Crippen LogP contribution in [0.25, 0.3) is 0 Å². The van der Waals surface area contributed by atoms with E-state index in [9.17, 15) is 18.0 Å². The quantitative estimate of drug-likeness (QED) is 0.389. The summed E-state index contributed by atoms with van der Waals surface area (Å²) in [5, 5.41) is 3.01. The second kappa shape index (κ2) is 12.8. The lowest BCUT2D eigenvalue weighted by molar-refractivity contribution is -0.140. The second-order valence-corrected chi connectivity index (χ2v) is 12.3. The van der Waals surface area contributed by atoms with Crippen LogP contribution in [0.2, 0.25) is 0 Å². The van der Waals surface area contributed by atoms with Crippen molar-refractivity contribution in [2.24, 2.45) is 0 Å². The zero-order chi connectivity index (χ0) is 28.6. The number of hydrogen-bond acceptors (Lipinski definition) is 5. The third-order valence-corrected chi connectivity index (χ3v) is 7.13. The molecule has 0 aliphatic rings. The molecule has 0 fully saturated rings. The van der Waals surface area contributed by atoms with Gasteiger partial charge in [0.1, 0.15) is 18.3 Å². The van der Waals surface area contributed by atoms with Gasteiger partial charge in [0.2, 0.25) is 21.8 Å². The topological polar surface area (TPSA) is 96.0 Å². The number of benzene rings is 3. The number of ether oxygens (including phenoxy) is 1. The largest absolute Gasteiger partial charge is 0.497 e. The van der Waals surface area contributed by atoms with Gasteiger partial charge >= 0.3 is 0 Å². The Morgan fingerprint density at radius 3 is 2.03 bits per heavy atom. The van der Waals surface area contributed by atoms with E-state index in [1.54, 1.807) is 24.3 Å². The minimum atomic E-state index is -3.85. The molecule has 0 heterocycles. The molecule has 0 saturated heterocycles. The summed E-state index contributed by atoms with van der Waals surface area (Å²) < 4.78 is 32.0. The Morgan fingerprint density at radius 2 is 1.49 bits per heavy atom. The molecule has 0 radical (unpaired) electrons. The molecule has 0 aliphatic heterocycles. The lowest BCUT2D eigenvalue weighted by atomic mass is 10.0. The Labute approximate surface area is 231 Å². The van der Waals surface area contributed by atoms with Crippen molar-refractivity contribution in [3.8, 4) is 5.75 Å². The smallest absolute Gasteiger partial charge is 0.244 e. The summed E-state index contributed by atoms with van der Waals surface area (Å²) in [4.78, 5) is 29.2. The predicted molar refractivity (Wildman–Crippen MR) is 154 cm³/mol. The number of anilines is 1. The van der Waals surface area contributed by atoms with Gasteiger partial charge < -0.3 is 15.0 Å². The normalized spacial score (nSPS) is 12.3. The highest BCUT2D eigenvalue weighted by Gasteiger charge is 2.34. The van der Waals surface area contributed by atoms with Gasteiger partial charge in [0.15, 0.2) is 0 Å². The van der Waals surface area contributed by atoms with Gasteiger partial charge in [0.05, 0.1) is 19.1 Å². The Bertz CT molecular complexity index is 1360. The Morgan fingerprint density at radius 1 is 0.897 bits per heavy atom. The van der Waals surface area contributed by atoms with Crippen LogP contribution in [0, 0.1) is 0 Å². The van der Waals surface area contributed by atoms with Crippen LogP contribution >= 0.6 is 0 Å². The van der Waals surface area contributed by atoms with E-state index in [1.807, 2.05) is 81.4 Å². The van der Waals surface area contributed by atoms with Crippen LogP contribution in [-0.4, -0.2) is 56.6 Å². The Kier molecular flexibility index (Phi) is 9.75. The first-order valence-electron chi connectivity index (χ1n) is 12.7. The first-order valence-corrected chi connectivity index (χ1v) is 14.5. The summed E-state index contributed by atoms with van der Waals surface area (Å²) in [6, 6.07) is 24.4. The Balaban J connectivity index is 2.06. The van der Waals surface area contributed by atoms with Crippen molar-refractivity contribution in [2.45, 2.75) is 45.3 Å². The van der Waals surface area contributed by atoms with Crippen LogP contribution in [0.3, 0.4) is 0 Å². The second-order valence-electron chi connectivity index (χ2n) is 10.4. The monoisotopic (exact) mass is 551 g/mol. The van der Waals surface area contributed by atoms with Gasteiger partial charge in [-0.05, 0) is 44.0 Å². The van der Waals surface area contributed by atoms with Gasteiger partial charge in [-0.25, -0.2) is 8.42 Å². The van der Waals surface area contributed by atoms with Gasteiger partial charge in [-0.3, -0.25) is 13.9 Å². The van der Waals surface area contributed by atoms with Crippen molar-refractivity contribution in [2.75, 3.05) is 24.2 Å². The van der Waals surface area contributed by atoms with Gasteiger partial charge in [-0.1, -0.05) is 66.7 Å². The molecule has 3 aromatic rings. The average Bonchev–Trinajstić information content (AvgIpc) is 2.88. The van der Waals surface area contributed by atoms with E-state index in [0.717, 1.165) is 21.7 Å². The molecule has 0 unspecified atom stereocenters. The number of amides is 2. The van der Waals surface area contributed by atoms with Crippen LogP contribution < -0.4 is 14.4 Å². The van der Waals surface area contributed by atoms with E-state index < -0.39 is 34.1 Å². The van der Waals surface area contributed by atoms with Crippen LogP contribution in [-0.2, 0) is 32.6 Å². The highest BCUT2D eigenvalue weighted by Crippen LogP contribution is 2.24. The van der Waals surface area contributed by atoms with E-state index in [0.29, 0.717) is 11.4 Å². The lowest BCUT2D eigenvalue weighted by Crippen LogP contribution is -2.56. The van der Waals surface area contributed by atoms with Gasteiger partial charge in [-0.2, -0.15) is 0 Å². The lowest BCUT2D eigenvalue weighted by Gasteiger charge is -2.35. The SMILES string of the molecule is COc1cccc(N(CC(=O)N(Cc2ccccc2)[C@H](Cc2ccccc2)C(=O)NC(C)(C)C)S(C)(=O)=O)c1. The summed E-state index contributed by atoms with van der Waals surface area (Å²) >= 11 is 0. The molecule has 0 saturated carbocycles. The first-order chi connectivity index (χ1) is 18.4. The van der Waals surface area contributed by atoms with E-state index in [-0.39, 0.29) is 18.9 Å². The number of nitrogens with one attached hydrogen (secondary N) is 1. The van der Waals surface area contributed by atoms with Gasteiger partial charge in [0.25, 0.3) is 0 Å². The molecule has 3 aromatic carbocycles. The molecule has 39 heavy (non-hydrogen) atoms. The fourth-order valence-corrected chi connectivity index (χ4v) is 5.01. The van der Waals surface area contributed by atoms with Gasteiger partial charge in [0, 0.05) is 24.6 Å². The van der Waals surface area contributed by atoms with Crippen LogP contribution in [0.5, 0.6) is 5.75 Å². The minimum absolute atomic E-state index is 0.129. The molecule has 0 bridgehead atoms. The molecular formula is C30H37N3O5S.